The van der Waals surface area contributed by atoms with Crippen molar-refractivity contribution in [3.05, 3.63) is 16.1 Å². The molecule has 5 nitrogen and oxygen atoms in total. The summed E-state index contributed by atoms with van der Waals surface area (Å²) in [5, 5.41) is 8.05. The number of hydrogen-bond acceptors (Lipinski definition) is 4. The highest BCUT2D eigenvalue weighted by Gasteiger charge is 2.13. The number of rotatable bonds is 8. The molecule has 0 saturated carbocycles. The van der Waals surface area contributed by atoms with Crippen LogP contribution in [-0.2, 0) is 12.8 Å². The predicted octanol–water partition coefficient (Wildman–Crippen LogP) is 2.54. The number of hydrogen-bond donors (Lipinski definition) is 2. The van der Waals surface area contributed by atoms with Gasteiger partial charge < -0.3 is 15.5 Å². The first-order chi connectivity index (χ1) is 11.7. The minimum atomic E-state index is 0.632. The Morgan fingerprint density at radius 3 is 2.79 bits per heavy atom. The fraction of sp³-hybridized carbons (Fsp3) is 0.778. The molecular weight excluding hydrogens is 318 g/mol. The third kappa shape index (κ3) is 6.77. The van der Waals surface area contributed by atoms with Gasteiger partial charge in [0, 0.05) is 44.2 Å². The van der Waals surface area contributed by atoms with Gasteiger partial charge in [-0.15, -0.1) is 11.3 Å². The molecule has 0 bridgehead atoms. The van der Waals surface area contributed by atoms with Crippen molar-refractivity contribution in [3.63, 3.8) is 0 Å². The van der Waals surface area contributed by atoms with Crippen molar-refractivity contribution < 1.29 is 0 Å². The monoisotopic (exact) mass is 351 g/mol. The van der Waals surface area contributed by atoms with Gasteiger partial charge in [-0.25, -0.2) is 4.98 Å². The molecule has 1 atom stereocenters. The van der Waals surface area contributed by atoms with Gasteiger partial charge in [-0.1, -0.05) is 20.3 Å². The Labute approximate surface area is 151 Å². The number of aryl methyl sites for hydroxylation is 1. The zero-order chi connectivity index (χ0) is 17.2. The number of thiazole rings is 1. The third-order valence-corrected chi connectivity index (χ3v) is 5.64. The van der Waals surface area contributed by atoms with Gasteiger partial charge in [0.05, 0.1) is 5.01 Å². The van der Waals surface area contributed by atoms with E-state index in [1.807, 2.05) is 24.6 Å². The lowest BCUT2D eigenvalue weighted by molar-refractivity contribution is 0.201. The summed E-state index contributed by atoms with van der Waals surface area (Å²) < 4.78 is 0. The second-order valence-electron chi connectivity index (χ2n) is 6.67. The maximum Gasteiger partial charge on any atom is 0.190 e. The summed E-state index contributed by atoms with van der Waals surface area (Å²) in [5.74, 6) is 1.53. The first-order valence-corrected chi connectivity index (χ1v) is 10.1. The second kappa shape index (κ2) is 10.7. The Kier molecular flexibility index (Phi) is 8.53. The van der Waals surface area contributed by atoms with Crippen LogP contribution in [0.3, 0.4) is 0 Å². The molecule has 0 aromatic carbocycles. The maximum absolute atomic E-state index is 4.46. The van der Waals surface area contributed by atoms with Crippen LogP contribution in [0.5, 0.6) is 0 Å². The van der Waals surface area contributed by atoms with Crippen molar-refractivity contribution in [2.75, 3.05) is 39.8 Å². The summed E-state index contributed by atoms with van der Waals surface area (Å²) in [6, 6.07) is 0. The number of aliphatic imine (C=N–C) groups is 1. The molecular formula is C18H33N5S. The van der Waals surface area contributed by atoms with Gasteiger partial charge in [-0.05, 0) is 38.3 Å². The maximum atomic E-state index is 4.46. The van der Waals surface area contributed by atoms with E-state index in [4.69, 9.17) is 0 Å². The molecule has 0 aliphatic carbocycles. The highest BCUT2D eigenvalue weighted by atomic mass is 32.1. The van der Waals surface area contributed by atoms with Crippen LogP contribution in [0, 0.1) is 5.92 Å². The molecule has 136 valence electrons. The van der Waals surface area contributed by atoms with Crippen LogP contribution < -0.4 is 10.6 Å². The molecule has 1 aliphatic rings. The molecule has 0 amide bonds. The summed E-state index contributed by atoms with van der Waals surface area (Å²) in [7, 11) is 1.84. The Hall–Kier alpha value is -1.14. The largest absolute Gasteiger partial charge is 0.356 e. The van der Waals surface area contributed by atoms with Crippen LogP contribution in [0.2, 0.25) is 0 Å². The molecule has 0 radical (unpaired) electrons. The van der Waals surface area contributed by atoms with Crippen molar-refractivity contribution in [1.82, 2.24) is 20.5 Å². The summed E-state index contributed by atoms with van der Waals surface area (Å²) in [6.45, 7) is 10.0. The van der Waals surface area contributed by atoms with Crippen LogP contribution in [0.1, 0.15) is 43.0 Å². The van der Waals surface area contributed by atoms with E-state index in [0.29, 0.717) is 5.92 Å². The molecule has 2 rings (SSSR count). The predicted molar refractivity (Wildman–Crippen MR) is 104 cm³/mol. The Morgan fingerprint density at radius 1 is 1.33 bits per heavy atom. The highest BCUT2D eigenvalue weighted by molar-refractivity contribution is 7.11. The molecule has 1 aromatic heterocycles. The van der Waals surface area contributed by atoms with E-state index in [1.54, 1.807) is 0 Å². The topological polar surface area (TPSA) is 52.6 Å². The minimum Gasteiger partial charge on any atom is -0.356 e. The van der Waals surface area contributed by atoms with Gasteiger partial charge in [-0.2, -0.15) is 0 Å². The lowest BCUT2D eigenvalue weighted by Gasteiger charge is -2.29. The number of likely N-dealkylation sites (tertiary alicyclic amines) is 1. The molecule has 1 fully saturated rings. The first-order valence-electron chi connectivity index (χ1n) is 9.31. The Balaban J connectivity index is 1.62. The smallest absolute Gasteiger partial charge is 0.190 e. The molecule has 0 spiro atoms. The molecule has 1 saturated heterocycles. The lowest BCUT2D eigenvalue weighted by atomic mass is 10.1. The van der Waals surface area contributed by atoms with Gasteiger partial charge in [0.15, 0.2) is 5.96 Å². The number of nitrogens with zero attached hydrogens (tertiary/aromatic N) is 3. The van der Waals surface area contributed by atoms with Crippen molar-refractivity contribution in [2.45, 2.75) is 46.0 Å². The van der Waals surface area contributed by atoms with Gasteiger partial charge in [0.2, 0.25) is 0 Å². The SMILES string of the molecule is CCc1cnc(CCNC(=NC)NCC(C)CN2CCCCC2)s1. The standard InChI is InChI=1S/C18H33N5S/c1-4-16-13-21-17(24-16)8-9-20-18(19-3)22-12-15(2)14-23-10-6-5-7-11-23/h13,15H,4-12,14H2,1-3H3,(H2,19,20,22). The fourth-order valence-electron chi connectivity index (χ4n) is 3.05. The van der Waals surface area contributed by atoms with Gasteiger partial charge >= 0.3 is 0 Å². The van der Waals surface area contributed by atoms with Crippen LogP contribution in [0.4, 0.5) is 0 Å². The molecule has 1 aliphatic heterocycles. The number of aromatic nitrogens is 1. The zero-order valence-electron chi connectivity index (χ0n) is 15.5. The van der Waals surface area contributed by atoms with Crippen molar-refractivity contribution in [3.8, 4) is 0 Å². The molecule has 6 heteroatoms. The van der Waals surface area contributed by atoms with Crippen LogP contribution in [-0.4, -0.2) is 55.6 Å². The van der Waals surface area contributed by atoms with Crippen LogP contribution >= 0.6 is 11.3 Å². The first kappa shape index (κ1) is 19.2. The zero-order valence-corrected chi connectivity index (χ0v) is 16.3. The molecule has 2 heterocycles. The minimum absolute atomic E-state index is 0.632. The molecule has 1 aromatic rings. The van der Waals surface area contributed by atoms with Gasteiger partial charge in [0.1, 0.15) is 0 Å². The molecule has 24 heavy (non-hydrogen) atoms. The van der Waals surface area contributed by atoms with E-state index in [9.17, 15) is 0 Å². The van der Waals surface area contributed by atoms with Crippen molar-refractivity contribution in [1.29, 1.82) is 0 Å². The van der Waals surface area contributed by atoms with E-state index in [0.717, 1.165) is 31.9 Å². The van der Waals surface area contributed by atoms with Gasteiger partial charge in [-0.3, -0.25) is 4.99 Å². The number of piperidine rings is 1. The third-order valence-electron chi connectivity index (χ3n) is 4.44. The number of nitrogens with one attached hydrogen (secondary N) is 2. The van der Waals surface area contributed by atoms with E-state index in [-0.39, 0.29) is 0 Å². The van der Waals surface area contributed by atoms with E-state index in [2.05, 4.69) is 39.4 Å². The molecule has 2 N–H and O–H groups in total. The normalized spacial score (nSPS) is 17.7. The second-order valence-corrected chi connectivity index (χ2v) is 7.87. The van der Waals surface area contributed by atoms with E-state index < -0.39 is 0 Å². The summed E-state index contributed by atoms with van der Waals surface area (Å²) in [5.41, 5.74) is 0. The average Bonchev–Trinajstić information content (AvgIpc) is 3.07. The van der Waals surface area contributed by atoms with Crippen molar-refractivity contribution in [2.24, 2.45) is 10.9 Å². The summed E-state index contributed by atoms with van der Waals surface area (Å²) in [6.07, 6.45) is 8.14. The fourth-order valence-corrected chi connectivity index (χ4v) is 3.92. The van der Waals surface area contributed by atoms with Crippen LogP contribution in [0.25, 0.3) is 0 Å². The van der Waals surface area contributed by atoms with E-state index >= 15 is 0 Å². The Bertz CT molecular complexity index is 493. The summed E-state index contributed by atoms with van der Waals surface area (Å²) in [4.78, 5) is 12.7. The highest BCUT2D eigenvalue weighted by Crippen LogP contribution is 2.13. The number of guanidine groups is 1. The summed E-state index contributed by atoms with van der Waals surface area (Å²) >= 11 is 1.81. The van der Waals surface area contributed by atoms with Crippen LogP contribution in [0.15, 0.2) is 11.2 Å². The average molecular weight is 352 g/mol. The van der Waals surface area contributed by atoms with Gasteiger partial charge in [0.25, 0.3) is 0 Å². The molecule has 1 unspecified atom stereocenters. The quantitative estimate of drug-likeness (QED) is 0.558. The lowest BCUT2D eigenvalue weighted by Crippen LogP contribution is -2.42. The van der Waals surface area contributed by atoms with E-state index in [1.165, 1.54) is 48.8 Å². The van der Waals surface area contributed by atoms with Crippen molar-refractivity contribution >= 4 is 17.3 Å². The Morgan fingerprint density at radius 2 is 2.12 bits per heavy atom.